The first kappa shape index (κ1) is 46.5. The number of hydrogen-bond acceptors (Lipinski definition) is 10. The maximum Gasteiger partial charge on any atom is 0.311 e. The molecule has 3 atom stereocenters. The van der Waals surface area contributed by atoms with Crippen molar-refractivity contribution in [2.45, 2.75) is 93.8 Å². The van der Waals surface area contributed by atoms with Crippen molar-refractivity contribution in [1.82, 2.24) is 4.72 Å². The molecule has 0 saturated carbocycles. The molecule has 59 heavy (non-hydrogen) atoms. The summed E-state index contributed by atoms with van der Waals surface area (Å²) < 4.78 is 44.0. The molecule has 0 bridgehead atoms. The predicted octanol–water partition coefficient (Wildman–Crippen LogP) is 7.21. The molecule has 12 nitrogen and oxygen atoms in total. The fourth-order valence-corrected chi connectivity index (χ4v) is 7.11. The lowest BCUT2D eigenvalue weighted by atomic mass is 10.0. The number of esters is 1. The lowest BCUT2D eigenvalue weighted by Gasteiger charge is -2.23. The first-order valence-electron chi connectivity index (χ1n) is 20.1. The Labute approximate surface area is 347 Å². The van der Waals surface area contributed by atoms with Crippen LogP contribution < -0.4 is 19.5 Å². The third-order valence-electron chi connectivity index (χ3n) is 9.29. The fourth-order valence-electron chi connectivity index (χ4n) is 6.01. The van der Waals surface area contributed by atoms with E-state index >= 15 is 0 Å². The summed E-state index contributed by atoms with van der Waals surface area (Å²) in [5.74, 6) is 0.351. The number of unbranched alkanes of at least 4 members (excludes halogenated alkanes) is 4. The number of benzene rings is 4. The summed E-state index contributed by atoms with van der Waals surface area (Å²) in [6.45, 7) is 0.388. The SMILES string of the molecule is O=CC[C@@H](O)[C@@H](CCC/C=C\CCC(=O)Oc1ccc(NC(=O)c2ccc(CCCCCCNS(=O)(=O)c3ccccc3)cc2)cc1)OCC(O)COc1ccccc1. The minimum Gasteiger partial charge on any atom is -0.491 e. The summed E-state index contributed by atoms with van der Waals surface area (Å²) >= 11 is 0. The van der Waals surface area contributed by atoms with Crippen LogP contribution in [0.4, 0.5) is 5.69 Å². The second-order valence-electron chi connectivity index (χ2n) is 14.1. The van der Waals surface area contributed by atoms with Crippen molar-refractivity contribution in [3.05, 3.63) is 132 Å². The van der Waals surface area contributed by atoms with E-state index in [0.29, 0.717) is 61.3 Å². The van der Waals surface area contributed by atoms with Crippen LogP contribution in [0.15, 0.2) is 126 Å². The van der Waals surface area contributed by atoms with Gasteiger partial charge in [-0.15, -0.1) is 0 Å². The van der Waals surface area contributed by atoms with Crippen molar-refractivity contribution in [2.24, 2.45) is 0 Å². The number of carbonyl (C=O) groups excluding carboxylic acids is 3. The van der Waals surface area contributed by atoms with E-state index in [1.165, 1.54) is 0 Å². The van der Waals surface area contributed by atoms with Gasteiger partial charge in [-0.1, -0.05) is 73.5 Å². The monoisotopic (exact) mass is 828 g/mol. The van der Waals surface area contributed by atoms with E-state index in [1.54, 1.807) is 78.9 Å². The molecule has 0 aliphatic carbocycles. The maximum absolute atomic E-state index is 12.8. The van der Waals surface area contributed by atoms with Crippen LogP contribution in [-0.4, -0.2) is 74.9 Å². The molecule has 0 saturated heterocycles. The van der Waals surface area contributed by atoms with Gasteiger partial charge in [-0.25, -0.2) is 13.1 Å². The Balaban J connectivity index is 1.06. The van der Waals surface area contributed by atoms with Gasteiger partial charge in [0.2, 0.25) is 10.0 Å². The summed E-state index contributed by atoms with van der Waals surface area (Å²) in [5.41, 5.74) is 2.20. The summed E-state index contributed by atoms with van der Waals surface area (Å²) in [4.78, 5) is 36.5. The van der Waals surface area contributed by atoms with Crippen LogP contribution in [0.25, 0.3) is 0 Å². The minimum absolute atomic E-state index is 0.0334. The van der Waals surface area contributed by atoms with Crippen LogP contribution in [0.3, 0.4) is 0 Å². The number of nitrogens with one attached hydrogen (secondary N) is 2. The summed E-state index contributed by atoms with van der Waals surface area (Å²) in [6, 6.07) is 31.5. The molecule has 1 unspecified atom stereocenters. The molecule has 4 N–H and O–H groups in total. The molecule has 0 radical (unpaired) electrons. The van der Waals surface area contributed by atoms with Gasteiger partial charge in [-0.05, 0) is 111 Å². The number of para-hydroxylation sites is 1. The Bertz CT molecular complexity index is 1960. The maximum atomic E-state index is 12.8. The van der Waals surface area contributed by atoms with Gasteiger partial charge in [-0.3, -0.25) is 9.59 Å². The van der Waals surface area contributed by atoms with Crippen LogP contribution in [0.5, 0.6) is 11.5 Å². The number of carbonyl (C=O) groups is 3. The molecule has 13 heteroatoms. The summed E-state index contributed by atoms with van der Waals surface area (Å²) in [6.07, 6.45) is 8.84. The van der Waals surface area contributed by atoms with Gasteiger partial charge in [0.25, 0.3) is 5.91 Å². The fraction of sp³-hybridized carbons (Fsp3) is 0.370. The molecule has 4 aromatic rings. The van der Waals surface area contributed by atoms with Gasteiger partial charge < -0.3 is 34.5 Å². The van der Waals surface area contributed by atoms with E-state index in [0.717, 1.165) is 37.7 Å². The molecule has 0 aromatic heterocycles. The number of amides is 1. The normalized spacial score (nSPS) is 13.1. The van der Waals surface area contributed by atoms with Crippen molar-refractivity contribution in [2.75, 3.05) is 25.1 Å². The lowest BCUT2D eigenvalue weighted by molar-refractivity contribution is -0.134. The molecule has 0 aliphatic heterocycles. The van der Waals surface area contributed by atoms with E-state index in [9.17, 15) is 33.0 Å². The van der Waals surface area contributed by atoms with E-state index in [2.05, 4.69) is 10.0 Å². The minimum atomic E-state index is -3.47. The van der Waals surface area contributed by atoms with Gasteiger partial charge in [0.1, 0.15) is 30.5 Å². The highest BCUT2D eigenvalue weighted by atomic mass is 32.2. The highest BCUT2D eigenvalue weighted by Crippen LogP contribution is 2.19. The molecular formula is C46H56N2O10S. The molecular weight excluding hydrogens is 773 g/mol. The van der Waals surface area contributed by atoms with Gasteiger partial charge in [0.15, 0.2) is 0 Å². The first-order chi connectivity index (χ1) is 28.6. The van der Waals surface area contributed by atoms with Gasteiger partial charge in [0, 0.05) is 30.6 Å². The van der Waals surface area contributed by atoms with Crippen LogP contribution in [0.1, 0.15) is 80.1 Å². The Kier molecular flexibility index (Phi) is 20.5. The third kappa shape index (κ3) is 18.1. The van der Waals surface area contributed by atoms with Crippen molar-refractivity contribution in [3.63, 3.8) is 0 Å². The van der Waals surface area contributed by atoms with Crippen molar-refractivity contribution < 1.29 is 47.2 Å². The van der Waals surface area contributed by atoms with Gasteiger partial charge in [0.05, 0.1) is 23.7 Å². The Morgan fingerprint density at radius 2 is 1.41 bits per heavy atom. The topological polar surface area (TPSA) is 178 Å². The molecule has 316 valence electrons. The lowest BCUT2D eigenvalue weighted by Crippen LogP contribution is -2.34. The zero-order valence-electron chi connectivity index (χ0n) is 33.3. The summed E-state index contributed by atoms with van der Waals surface area (Å²) in [7, 11) is -3.47. The van der Waals surface area contributed by atoms with E-state index in [4.69, 9.17) is 14.2 Å². The van der Waals surface area contributed by atoms with Crippen LogP contribution in [0, 0.1) is 0 Å². The predicted molar refractivity (Wildman–Crippen MR) is 227 cm³/mol. The molecule has 0 fully saturated rings. The van der Waals surface area contributed by atoms with Crippen molar-refractivity contribution >= 4 is 33.9 Å². The molecule has 1 amide bonds. The Morgan fingerprint density at radius 3 is 2.12 bits per heavy atom. The quantitative estimate of drug-likeness (QED) is 0.0150. The largest absolute Gasteiger partial charge is 0.491 e. The number of ether oxygens (including phenoxy) is 3. The first-order valence-corrected chi connectivity index (χ1v) is 21.6. The number of sulfonamides is 1. The van der Waals surface area contributed by atoms with E-state index < -0.39 is 34.3 Å². The highest BCUT2D eigenvalue weighted by molar-refractivity contribution is 7.89. The van der Waals surface area contributed by atoms with Gasteiger partial charge >= 0.3 is 5.97 Å². The molecule has 0 heterocycles. The molecule has 0 spiro atoms. The van der Waals surface area contributed by atoms with Crippen LogP contribution in [0.2, 0.25) is 0 Å². The number of allylic oxidation sites excluding steroid dienone is 2. The smallest absolute Gasteiger partial charge is 0.311 e. The summed E-state index contributed by atoms with van der Waals surface area (Å²) in [5, 5.41) is 23.5. The Hall–Kier alpha value is -5.18. The average molecular weight is 829 g/mol. The molecule has 4 rings (SSSR count). The molecule has 4 aromatic carbocycles. The van der Waals surface area contributed by atoms with E-state index in [1.807, 2.05) is 42.5 Å². The number of hydrogen-bond donors (Lipinski definition) is 4. The number of anilines is 1. The number of aryl methyl sites for hydroxylation is 1. The second kappa shape index (κ2) is 26.0. The molecule has 0 aliphatic rings. The second-order valence-corrected chi connectivity index (χ2v) is 15.9. The highest BCUT2D eigenvalue weighted by Gasteiger charge is 2.21. The van der Waals surface area contributed by atoms with Gasteiger partial charge in [-0.2, -0.15) is 0 Å². The third-order valence-corrected chi connectivity index (χ3v) is 10.8. The number of aldehydes is 1. The van der Waals surface area contributed by atoms with Crippen molar-refractivity contribution in [3.8, 4) is 11.5 Å². The number of aliphatic hydroxyl groups is 2. The zero-order valence-corrected chi connectivity index (χ0v) is 34.1. The van der Waals surface area contributed by atoms with E-state index in [-0.39, 0.29) is 36.9 Å². The average Bonchev–Trinajstić information content (AvgIpc) is 3.24. The van der Waals surface area contributed by atoms with Crippen LogP contribution in [-0.2, 0) is 30.8 Å². The standard InChI is InChI=1S/C46H56N2O10S/c49-33-31-43(51)44(57-35-39(50)34-56-40-17-9-6-10-18-40)21-13-2-1-3-14-22-45(52)58-41-29-27-38(28-30-41)48-46(53)37-25-23-36(24-26-37)16-8-4-5-15-32-47-59(54,55)42-19-11-7-12-20-42/h1,3,6-7,9-12,17-20,23-30,33,39,43-44,47,50-51H,2,4-5,8,13-16,21-22,31-32,34-35H2,(H,48,53)/b3-1-/t39?,43-,44-/m1/s1. The number of aliphatic hydroxyl groups excluding tert-OH is 2. The number of rotatable bonds is 28. The van der Waals surface area contributed by atoms with Crippen molar-refractivity contribution in [1.29, 1.82) is 0 Å². The van der Waals surface area contributed by atoms with Crippen LogP contribution >= 0.6 is 0 Å². The zero-order chi connectivity index (χ0) is 42.1. The Morgan fingerprint density at radius 1 is 0.729 bits per heavy atom.